The van der Waals surface area contributed by atoms with Crippen LogP contribution in [0, 0.1) is 11.8 Å². The minimum atomic E-state index is 0.0665. The van der Waals surface area contributed by atoms with Crippen LogP contribution in [0.25, 0.3) is 0 Å². The first-order valence-electron chi connectivity index (χ1n) is 10.7. The van der Waals surface area contributed by atoms with Crippen LogP contribution in [0.1, 0.15) is 75.1 Å². The summed E-state index contributed by atoms with van der Waals surface area (Å²) in [6.45, 7) is 2.10. The van der Waals surface area contributed by atoms with Crippen LogP contribution in [-0.4, -0.2) is 40.7 Å². The van der Waals surface area contributed by atoms with Crippen LogP contribution >= 0.6 is 0 Å². The number of carbonyl (C=O) groups excluding carboxylic acids is 1. The summed E-state index contributed by atoms with van der Waals surface area (Å²) in [5.74, 6) is 1.99. The lowest BCUT2D eigenvalue weighted by Crippen LogP contribution is -2.37. The maximum atomic E-state index is 12.5. The van der Waals surface area contributed by atoms with Gasteiger partial charge in [0.1, 0.15) is 0 Å². The van der Waals surface area contributed by atoms with Gasteiger partial charge < -0.3 is 15.3 Å². The fraction of sp³-hybridized carbons (Fsp3) is 0.762. The van der Waals surface area contributed by atoms with Gasteiger partial charge in [0.15, 0.2) is 0 Å². The fourth-order valence-corrected chi connectivity index (χ4v) is 4.88. The van der Waals surface area contributed by atoms with Crippen LogP contribution in [0.3, 0.4) is 0 Å². The zero-order chi connectivity index (χ0) is 18.6. The summed E-state index contributed by atoms with van der Waals surface area (Å²) < 4.78 is 0. The minimum Gasteiger partial charge on any atom is -0.396 e. The number of hydrogen-bond acceptors (Lipinski definition) is 5. The zero-order valence-electron chi connectivity index (χ0n) is 16.2. The molecule has 1 aromatic heterocycles. The molecule has 1 aromatic rings. The molecule has 6 heteroatoms. The summed E-state index contributed by atoms with van der Waals surface area (Å²) in [4.78, 5) is 24.2. The second kappa shape index (κ2) is 8.55. The monoisotopic (exact) mass is 372 g/mol. The molecule has 2 aliphatic carbocycles. The number of nitrogens with one attached hydrogen (secondary N) is 1. The van der Waals surface area contributed by atoms with Crippen molar-refractivity contribution in [3.63, 3.8) is 0 Å². The molecular weight excluding hydrogens is 340 g/mol. The lowest BCUT2D eigenvalue weighted by molar-refractivity contribution is -0.122. The third-order valence-electron chi connectivity index (χ3n) is 6.61. The Bertz CT molecular complexity index is 652. The fourth-order valence-electron chi connectivity index (χ4n) is 4.88. The van der Waals surface area contributed by atoms with E-state index in [4.69, 9.17) is 4.98 Å². The molecule has 6 nitrogen and oxygen atoms in total. The second-order valence-electron chi connectivity index (χ2n) is 8.55. The molecular formula is C21H32N4O2. The van der Waals surface area contributed by atoms with Crippen molar-refractivity contribution in [1.29, 1.82) is 0 Å². The predicted octanol–water partition coefficient (Wildman–Crippen LogP) is 2.76. The Kier molecular flexibility index (Phi) is 5.91. The smallest absolute Gasteiger partial charge is 0.225 e. The molecule has 148 valence electrons. The molecule has 1 atom stereocenters. The van der Waals surface area contributed by atoms with Gasteiger partial charge in [-0.3, -0.25) is 4.79 Å². The van der Waals surface area contributed by atoms with Gasteiger partial charge in [0.2, 0.25) is 11.9 Å². The zero-order valence-corrected chi connectivity index (χ0v) is 16.2. The number of anilines is 1. The number of aromatic nitrogens is 2. The second-order valence-corrected chi connectivity index (χ2v) is 8.55. The topological polar surface area (TPSA) is 78.4 Å². The van der Waals surface area contributed by atoms with E-state index in [-0.39, 0.29) is 18.6 Å². The number of aliphatic hydroxyl groups is 1. The van der Waals surface area contributed by atoms with E-state index in [2.05, 4.69) is 15.2 Å². The van der Waals surface area contributed by atoms with Gasteiger partial charge in [0.25, 0.3) is 0 Å². The Labute approximate surface area is 161 Å². The quantitative estimate of drug-likeness (QED) is 0.831. The van der Waals surface area contributed by atoms with Crippen LogP contribution in [0.2, 0.25) is 0 Å². The van der Waals surface area contributed by atoms with E-state index in [0.29, 0.717) is 18.3 Å². The maximum absolute atomic E-state index is 12.5. The SMILES string of the molecule is O=C(CC1CCCC1)NC1CCCc2nc(N3CCC(CO)CC3)ncc21. The van der Waals surface area contributed by atoms with Crippen molar-refractivity contribution in [3.05, 3.63) is 17.5 Å². The molecule has 2 N–H and O–H groups in total. The third kappa shape index (κ3) is 4.42. The first-order chi connectivity index (χ1) is 13.2. The van der Waals surface area contributed by atoms with Crippen molar-refractivity contribution in [2.45, 2.75) is 70.3 Å². The van der Waals surface area contributed by atoms with Crippen molar-refractivity contribution in [2.75, 3.05) is 24.6 Å². The number of rotatable bonds is 5. The molecule has 1 unspecified atom stereocenters. The Morgan fingerprint density at radius 3 is 2.63 bits per heavy atom. The lowest BCUT2D eigenvalue weighted by atomic mass is 9.92. The van der Waals surface area contributed by atoms with Gasteiger partial charge in [-0.15, -0.1) is 0 Å². The number of piperidine rings is 1. The molecule has 0 aromatic carbocycles. The van der Waals surface area contributed by atoms with Gasteiger partial charge in [0.05, 0.1) is 11.7 Å². The van der Waals surface area contributed by atoms with Gasteiger partial charge in [-0.2, -0.15) is 0 Å². The van der Waals surface area contributed by atoms with Crippen LogP contribution in [-0.2, 0) is 11.2 Å². The van der Waals surface area contributed by atoms with Crippen molar-refractivity contribution >= 4 is 11.9 Å². The highest BCUT2D eigenvalue weighted by atomic mass is 16.3. The van der Waals surface area contributed by atoms with E-state index in [9.17, 15) is 9.90 Å². The van der Waals surface area contributed by atoms with E-state index in [1.54, 1.807) is 0 Å². The molecule has 2 fully saturated rings. The molecule has 4 rings (SSSR count). The summed E-state index contributed by atoms with van der Waals surface area (Å²) in [5.41, 5.74) is 2.21. The number of carbonyl (C=O) groups is 1. The summed E-state index contributed by atoms with van der Waals surface area (Å²) in [5, 5.41) is 12.6. The lowest BCUT2D eigenvalue weighted by Gasteiger charge is -2.32. The van der Waals surface area contributed by atoms with Crippen molar-refractivity contribution in [3.8, 4) is 0 Å². The molecule has 0 spiro atoms. The van der Waals surface area contributed by atoms with E-state index >= 15 is 0 Å². The van der Waals surface area contributed by atoms with Crippen LogP contribution < -0.4 is 10.2 Å². The first kappa shape index (κ1) is 18.7. The number of amides is 1. The summed E-state index contributed by atoms with van der Waals surface area (Å²) >= 11 is 0. The highest BCUT2D eigenvalue weighted by Crippen LogP contribution is 2.31. The Morgan fingerprint density at radius 2 is 1.89 bits per heavy atom. The van der Waals surface area contributed by atoms with Gasteiger partial charge in [-0.25, -0.2) is 9.97 Å². The summed E-state index contributed by atoms with van der Waals surface area (Å²) in [7, 11) is 0. The van der Waals surface area contributed by atoms with Crippen LogP contribution in [0.5, 0.6) is 0 Å². The van der Waals surface area contributed by atoms with Crippen molar-refractivity contribution in [2.24, 2.45) is 11.8 Å². The summed E-state index contributed by atoms with van der Waals surface area (Å²) in [6.07, 6.45) is 12.6. The minimum absolute atomic E-state index is 0.0665. The van der Waals surface area contributed by atoms with Gasteiger partial charge in [0, 0.05) is 37.9 Å². The standard InChI is InChI=1S/C21H32N4O2/c26-14-16-8-10-25(11-9-16)21-22-13-17-18(6-3-7-19(17)24-21)23-20(27)12-15-4-1-2-5-15/h13,15-16,18,26H,1-12,14H2,(H,23,27). The number of aryl methyl sites for hydroxylation is 1. The third-order valence-corrected chi connectivity index (χ3v) is 6.61. The number of hydrogen-bond donors (Lipinski definition) is 2. The Hall–Kier alpha value is -1.69. The molecule has 1 amide bonds. The molecule has 0 radical (unpaired) electrons. The number of aliphatic hydroxyl groups excluding tert-OH is 1. The van der Waals surface area contributed by atoms with Crippen LogP contribution in [0.15, 0.2) is 6.20 Å². The van der Waals surface area contributed by atoms with E-state index < -0.39 is 0 Å². The predicted molar refractivity (Wildman–Crippen MR) is 104 cm³/mol. The molecule has 27 heavy (non-hydrogen) atoms. The molecule has 0 bridgehead atoms. The largest absolute Gasteiger partial charge is 0.396 e. The highest BCUT2D eigenvalue weighted by Gasteiger charge is 2.27. The molecule has 2 heterocycles. The Balaban J connectivity index is 1.40. The van der Waals surface area contributed by atoms with Gasteiger partial charge in [-0.1, -0.05) is 12.8 Å². The van der Waals surface area contributed by atoms with Crippen molar-refractivity contribution < 1.29 is 9.90 Å². The number of fused-ring (bicyclic) bond motifs is 1. The average Bonchev–Trinajstić information content (AvgIpc) is 3.21. The number of nitrogens with zero attached hydrogens (tertiary/aromatic N) is 3. The average molecular weight is 373 g/mol. The molecule has 1 saturated heterocycles. The van der Waals surface area contributed by atoms with E-state index in [1.165, 1.54) is 25.7 Å². The molecule has 1 saturated carbocycles. The maximum Gasteiger partial charge on any atom is 0.225 e. The first-order valence-corrected chi connectivity index (χ1v) is 10.7. The highest BCUT2D eigenvalue weighted by molar-refractivity contribution is 5.76. The normalized spacial score (nSPS) is 24.0. The Morgan fingerprint density at radius 1 is 1.11 bits per heavy atom. The van der Waals surface area contributed by atoms with Crippen molar-refractivity contribution in [1.82, 2.24) is 15.3 Å². The van der Waals surface area contributed by atoms with Gasteiger partial charge in [-0.05, 0) is 56.8 Å². The summed E-state index contributed by atoms with van der Waals surface area (Å²) in [6, 6.07) is 0.0665. The van der Waals surface area contributed by atoms with Crippen LogP contribution in [0.4, 0.5) is 5.95 Å². The van der Waals surface area contributed by atoms with Gasteiger partial charge >= 0.3 is 0 Å². The molecule has 1 aliphatic heterocycles. The van der Waals surface area contributed by atoms with E-state index in [0.717, 1.165) is 62.4 Å². The van der Waals surface area contributed by atoms with E-state index in [1.807, 2.05) is 6.20 Å². The molecule has 3 aliphatic rings.